The van der Waals surface area contributed by atoms with Crippen LogP contribution in [0.15, 0.2) is 42.5 Å². The monoisotopic (exact) mass is 292 g/mol. The lowest BCUT2D eigenvalue weighted by Gasteiger charge is -2.09. The van der Waals surface area contributed by atoms with E-state index in [0.29, 0.717) is 11.3 Å². The Kier molecular flexibility index (Phi) is 3.01. The molecular formula is C16H11F3O2. The Labute approximate surface area is 119 Å². The molecule has 1 aliphatic rings. The lowest BCUT2D eigenvalue weighted by molar-refractivity contribution is -0.137. The van der Waals surface area contributed by atoms with E-state index in [4.69, 9.17) is 4.74 Å². The molecule has 0 saturated carbocycles. The maximum Gasteiger partial charge on any atom is 0.416 e. The van der Waals surface area contributed by atoms with Crippen molar-refractivity contribution in [1.82, 2.24) is 0 Å². The van der Waals surface area contributed by atoms with Crippen molar-refractivity contribution in [2.24, 2.45) is 0 Å². The Morgan fingerprint density at radius 1 is 1.00 bits per heavy atom. The molecule has 2 aromatic rings. The molecule has 108 valence electrons. The van der Waals surface area contributed by atoms with Crippen LogP contribution in [-0.4, -0.2) is 5.97 Å². The van der Waals surface area contributed by atoms with Gasteiger partial charge >= 0.3 is 12.1 Å². The molecule has 0 amide bonds. The van der Waals surface area contributed by atoms with Gasteiger partial charge in [0.05, 0.1) is 11.5 Å². The molecule has 1 atom stereocenters. The first-order valence-corrected chi connectivity index (χ1v) is 6.39. The minimum Gasteiger partial charge on any atom is -0.426 e. The summed E-state index contributed by atoms with van der Waals surface area (Å²) in [7, 11) is 0. The van der Waals surface area contributed by atoms with Crippen LogP contribution in [0.3, 0.4) is 0 Å². The third-order valence-electron chi connectivity index (χ3n) is 3.59. The first-order valence-electron chi connectivity index (χ1n) is 6.39. The van der Waals surface area contributed by atoms with Crippen molar-refractivity contribution < 1.29 is 22.7 Å². The Hall–Kier alpha value is -2.30. The van der Waals surface area contributed by atoms with Gasteiger partial charge in [0.1, 0.15) is 5.75 Å². The Bertz CT molecular complexity index is 702. The average molecular weight is 292 g/mol. The van der Waals surface area contributed by atoms with E-state index in [1.807, 2.05) is 0 Å². The molecule has 1 heterocycles. The quantitative estimate of drug-likeness (QED) is 0.575. The summed E-state index contributed by atoms with van der Waals surface area (Å²) in [6.45, 7) is 1.74. The van der Waals surface area contributed by atoms with E-state index in [1.54, 1.807) is 25.1 Å². The highest BCUT2D eigenvalue weighted by Gasteiger charge is 2.31. The molecule has 0 fully saturated rings. The van der Waals surface area contributed by atoms with Crippen molar-refractivity contribution in [3.05, 3.63) is 53.6 Å². The molecule has 5 heteroatoms. The van der Waals surface area contributed by atoms with E-state index in [9.17, 15) is 18.0 Å². The van der Waals surface area contributed by atoms with Gasteiger partial charge in [-0.2, -0.15) is 13.2 Å². The molecule has 0 aromatic heterocycles. The standard InChI is InChI=1S/C16H11F3O2/c1-9-13-8-11(4-7-14(13)21-15(9)20)10-2-5-12(6-3-10)16(17,18)19/h2-9H,1H3. The molecule has 1 aliphatic heterocycles. The van der Waals surface area contributed by atoms with Gasteiger partial charge in [-0.3, -0.25) is 4.79 Å². The second-order valence-corrected chi connectivity index (χ2v) is 4.97. The SMILES string of the molecule is CC1C(=O)Oc2ccc(-c3ccc(C(F)(F)F)cc3)cc21. The fourth-order valence-corrected chi connectivity index (χ4v) is 2.33. The van der Waals surface area contributed by atoms with Crippen LogP contribution in [0.1, 0.15) is 24.0 Å². The van der Waals surface area contributed by atoms with Crippen molar-refractivity contribution in [3.63, 3.8) is 0 Å². The number of fused-ring (bicyclic) bond motifs is 1. The number of benzene rings is 2. The summed E-state index contributed by atoms with van der Waals surface area (Å²) in [6, 6.07) is 10.1. The lowest BCUT2D eigenvalue weighted by atomic mass is 9.96. The summed E-state index contributed by atoms with van der Waals surface area (Å²) < 4.78 is 42.7. The summed E-state index contributed by atoms with van der Waals surface area (Å²) in [4.78, 5) is 11.5. The number of carbonyl (C=O) groups is 1. The highest BCUT2D eigenvalue weighted by atomic mass is 19.4. The van der Waals surface area contributed by atoms with Gasteiger partial charge in [-0.05, 0) is 42.3 Å². The van der Waals surface area contributed by atoms with Crippen molar-refractivity contribution >= 4 is 5.97 Å². The molecule has 0 bridgehead atoms. The molecule has 0 spiro atoms. The first kappa shape index (κ1) is 13.7. The van der Waals surface area contributed by atoms with E-state index in [-0.39, 0.29) is 11.9 Å². The number of halogens is 3. The van der Waals surface area contributed by atoms with E-state index >= 15 is 0 Å². The zero-order valence-electron chi connectivity index (χ0n) is 11.1. The number of esters is 1. The molecule has 0 N–H and O–H groups in total. The summed E-state index contributed by atoms with van der Waals surface area (Å²) >= 11 is 0. The smallest absolute Gasteiger partial charge is 0.416 e. The minimum absolute atomic E-state index is 0.311. The highest BCUT2D eigenvalue weighted by Crippen LogP contribution is 2.38. The minimum atomic E-state index is -4.34. The predicted octanol–water partition coefficient (Wildman–Crippen LogP) is 4.39. The van der Waals surface area contributed by atoms with Gasteiger partial charge in [0, 0.05) is 5.56 Å². The van der Waals surface area contributed by atoms with Gasteiger partial charge in [-0.25, -0.2) is 0 Å². The largest absolute Gasteiger partial charge is 0.426 e. The Morgan fingerprint density at radius 3 is 2.24 bits per heavy atom. The number of alkyl halides is 3. The highest BCUT2D eigenvalue weighted by molar-refractivity contribution is 5.86. The fourth-order valence-electron chi connectivity index (χ4n) is 2.33. The fraction of sp³-hybridized carbons (Fsp3) is 0.188. The summed E-state index contributed by atoms with van der Waals surface area (Å²) in [5, 5.41) is 0. The predicted molar refractivity (Wildman–Crippen MR) is 70.9 cm³/mol. The van der Waals surface area contributed by atoms with Crippen LogP contribution >= 0.6 is 0 Å². The van der Waals surface area contributed by atoms with Gasteiger partial charge in [-0.15, -0.1) is 0 Å². The molecule has 2 aromatic carbocycles. The van der Waals surface area contributed by atoms with E-state index in [2.05, 4.69) is 0 Å². The van der Waals surface area contributed by atoms with E-state index in [0.717, 1.165) is 23.3 Å². The topological polar surface area (TPSA) is 26.3 Å². The van der Waals surface area contributed by atoms with Gasteiger partial charge in [0.15, 0.2) is 0 Å². The van der Waals surface area contributed by atoms with Gasteiger partial charge in [0.2, 0.25) is 0 Å². The second-order valence-electron chi connectivity index (χ2n) is 4.97. The van der Waals surface area contributed by atoms with Gasteiger partial charge in [0.25, 0.3) is 0 Å². The van der Waals surface area contributed by atoms with Crippen LogP contribution in [0.2, 0.25) is 0 Å². The lowest BCUT2D eigenvalue weighted by Crippen LogP contribution is -2.05. The third kappa shape index (κ3) is 2.39. The Balaban J connectivity index is 1.97. The number of hydrogen-bond donors (Lipinski definition) is 0. The van der Waals surface area contributed by atoms with E-state index in [1.165, 1.54) is 12.1 Å². The van der Waals surface area contributed by atoms with Gasteiger partial charge < -0.3 is 4.74 Å². The van der Waals surface area contributed by atoms with Crippen LogP contribution in [0.4, 0.5) is 13.2 Å². The molecule has 21 heavy (non-hydrogen) atoms. The zero-order chi connectivity index (χ0) is 15.2. The number of carbonyl (C=O) groups excluding carboxylic acids is 1. The Morgan fingerprint density at radius 2 is 1.62 bits per heavy atom. The summed E-state index contributed by atoms with van der Waals surface area (Å²) in [5.41, 5.74) is 1.50. The van der Waals surface area contributed by atoms with Crippen LogP contribution < -0.4 is 4.74 Å². The third-order valence-corrected chi connectivity index (χ3v) is 3.59. The van der Waals surface area contributed by atoms with Crippen LogP contribution in [-0.2, 0) is 11.0 Å². The van der Waals surface area contributed by atoms with Crippen molar-refractivity contribution in [2.75, 3.05) is 0 Å². The van der Waals surface area contributed by atoms with E-state index < -0.39 is 11.7 Å². The first-order chi connectivity index (χ1) is 9.86. The van der Waals surface area contributed by atoms with Crippen LogP contribution in [0, 0.1) is 0 Å². The molecule has 3 rings (SSSR count). The van der Waals surface area contributed by atoms with Gasteiger partial charge in [-0.1, -0.05) is 18.2 Å². The molecular weight excluding hydrogens is 281 g/mol. The molecule has 1 unspecified atom stereocenters. The zero-order valence-corrected chi connectivity index (χ0v) is 11.1. The summed E-state index contributed by atoms with van der Waals surface area (Å²) in [5.74, 6) is -0.146. The van der Waals surface area contributed by atoms with Crippen LogP contribution in [0.5, 0.6) is 5.75 Å². The number of rotatable bonds is 1. The molecule has 0 saturated heterocycles. The van der Waals surface area contributed by atoms with Crippen molar-refractivity contribution in [2.45, 2.75) is 19.0 Å². The number of ether oxygens (including phenoxy) is 1. The maximum absolute atomic E-state index is 12.5. The summed E-state index contributed by atoms with van der Waals surface area (Å²) in [6.07, 6.45) is -4.34. The average Bonchev–Trinajstić information content (AvgIpc) is 2.73. The number of hydrogen-bond acceptors (Lipinski definition) is 2. The molecule has 0 aliphatic carbocycles. The molecule has 2 nitrogen and oxygen atoms in total. The van der Waals surface area contributed by atoms with Crippen LogP contribution in [0.25, 0.3) is 11.1 Å². The molecule has 0 radical (unpaired) electrons. The van der Waals surface area contributed by atoms with Crippen molar-refractivity contribution in [3.8, 4) is 16.9 Å². The van der Waals surface area contributed by atoms with Crippen molar-refractivity contribution in [1.29, 1.82) is 0 Å². The maximum atomic E-state index is 12.5. The normalized spacial score (nSPS) is 17.5. The second kappa shape index (κ2) is 4.62.